The molecule has 34 heavy (non-hydrogen) atoms. The molecule has 1 aromatic carbocycles. The van der Waals surface area contributed by atoms with Crippen molar-refractivity contribution in [2.75, 3.05) is 44.6 Å². The van der Waals surface area contributed by atoms with Gasteiger partial charge in [0.25, 0.3) is 0 Å². The molecule has 6 nitrogen and oxygen atoms in total. The van der Waals surface area contributed by atoms with Gasteiger partial charge in [-0.05, 0) is 62.4 Å². The van der Waals surface area contributed by atoms with Crippen LogP contribution in [0.15, 0.2) is 30.3 Å². The lowest BCUT2D eigenvalue weighted by Gasteiger charge is -2.12. The molecule has 0 bridgehead atoms. The SMILES string of the molecule is CCOP(C)c1cc(C#Cc2ccc(OC)c(NCCCSOCC(F)(F)F)c2)cc(CO)n1. The van der Waals surface area contributed by atoms with Gasteiger partial charge in [-0.3, -0.25) is 0 Å². The first-order chi connectivity index (χ1) is 16.3. The maximum absolute atomic E-state index is 12.1. The van der Waals surface area contributed by atoms with Crippen molar-refractivity contribution in [3.05, 3.63) is 47.2 Å². The molecule has 1 atom stereocenters. The third-order valence-corrected chi connectivity index (χ3v) is 6.51. The Morgan fingerprint density at radius 1 is 1.18 bits per heavy atom. The Kier molecular flexibility index (Phi) is 11.9. The molecule has 2 aromatic rings. The van der Waals surface area contributed by atoms with Crippen LogP contribution in [0.4, 0.5) is 18.9 Å². The van der Waals surface area contributed by atoms with Crippen molar-refractivity contribution < 1.29 is 31.7 Å². The molecule has 186 valence electrons. The van der Waals surface area contributed by atoms with E-state index in [1.807, 2.05) is 31.8 Å². The first kappa shape index (κ1) is 28.2. The average molecular weight is 517 g/mol. The second-order valence-corrected chi connectivity index (χ2v) is 9.51. The van der Waals surface area contributed by atoms with Crippen molar-refractivity contribution in [3.8, 4) is 17.6 Å². The molecule has 0 aliphatic heterocycles. The molecule has 0 aliphatic rings. The number of aliphatic hydroxyl groups is 1. The zero-order chi connectivity index (χ0) is 25.0. The van der Waals surface area contributed by atoms with Gasteiger partial charge >= 0.3 is 6.18 Å². The molecule has 0 saturated heterocycles. The van der Waals surface area contributed by atoms with E-state index in [0.29, 0.717) is 36.8 Å². The largest absolute Gasteiger partial charge is 0.495 e. The van der Waals surface area contributed by atoms with Crippen LogP contribution in [0.3, 0.4) is 0 Å². The number of pyridine rings is 1. The van der Waals surface area contributed by atoms with Crippen LogP contribution in [0.25, 0.3) is 0 Å². The summed E-state index contributed by atoms with van der Waals surface area (Å²) < 4.78 is 51.8. The number of anilines is 1. The van der Waals surface area contributed by atoms with Crippen molar-refractivity contribution in [2.45, 2.75) is 26.1 Å². The van der Waals surface area contributed by atoms with Gasteiger partial charge in [-0.15, -0.1) is 0 Å². The van der Waals surface area contributed by atoms with Gasteiger partial charge in [-0.1, -0.05) is 11.8 Å². The number of ether oxygens (including phenoxy) is 1. The van der Waals surface area contributed by atoms with Crippen LogP contribution in [-0.2, 0) is 15.3 Å². The average Bonchev–Trinajstić information content (AvgIpc) is 2.81. The van der Waals surface area contributed by atoms with Crippen LogP contribution >= 0.6 is 20.2 Å². The number of hydrogen-bond donors (Lipinski definition) is 2. The van der Waals surface area contributed by atoms with Crippen LogP contribution in [-0.4, -0.2) is 55.6 Å². The van der Waals surface area contributed by atoms with Gasteiger partial charge < -0.3 is 23.9 Å². The van der Waals surface area contributed by atoms with Gasteiger partial charge in [0, 0.05) is 30.0 Å². The lowest BCUT2D eigenvalue weighted by Crippen LogP contribution is -2.14. The number of alkyl halides is 3. The summed E-state index contributed by atoms with van der Waals surface area (Å²) in [6, 6.07) is 9.09. The summed E-state index contributed by atoms with van der Waals surface area (Å²) in [5.74, 6) is 7.28. The number of hydrogen-bond acceptors (Lipinski definition) is 7. The molecular weight excluding hydrogens is 488 g/mol. The maximum Gasteiger partial charge on any atom is 0.413 e. The number of methoxy groups -OCH3 is 1. The van der Waals surface area contributed by atoms with Gasteiger partial charge in [0.05, 0.1) is 38.7 Å². The minimum absolute atomic E-state index is 0.187. The summed E-state index contributed by atoms with van der Waals surface area (Å²) in [5.41, 5.74) is 3.50. The molecule has 1 unspecified atom stereocenters. The van der Waals surface area contributed by atoms with Crippen LogP contribution in [0.1, 0.15) is 30.2 Å². The van der Waals surface area contributed by atoms with Gasteiger partial charge in [0.15, 0.2) is 6.61 Å². The van der Waals surface area contributed by atoms with E-state index in [0.717, 1.165) is 34.3 Å². The first-order valence-electron chi connectivity index (χ1n) is 10.5. The van der Waals surface area contributed by atoms with Crippen molar-refractivity contribution in [1.82, 2.24) is 4.98 Å². The summed E-state index contributed by atoms with van der Waals surface area (Å²) >= 11 is 0.799. The summed E-state index contributed by atoms with van der Waals surface area (Å²) in [5, 5.41) is 12.8. The second-order valence-electron chi connectivity index (χ2n) is 6.92. The van der Waals surface area contributed by atoms with Crippen LogP contribution in [0.5, 0.6) is 5.75 Å². The molecule has 0 amide bonds. The number of halogens is 3. The zero-order valence-corrected chi connectivity index (χ0v) is 20.9. The third kappa shape index (κ3) is 10.1. The number of nitrogens with zero attached hydrogens (tertiary/aromatic N) is 1. The summed E-state index contributed by atoms with van der Waals surface area (Å²) in [6.45, 7) is 3.54. The van der Waals surface area contributed by atoms with Crippen LogP contribution in [0.2, 0.25) is 0 Å². The van der Waals surface area contributed by atoms with Gasteiger partial charge in [-0.2, -0.15) is 13.2 Å². The number of aliphatic hydroxyl groups excluding tert-OH is 1. The van der Waals surface area contributed by atoms with E-state index in [1.165, 1.54) is 0 Å². The Bertz CT molecular complexity index is 983. The van der Waals surface area contributed by atoms with E-state index in [-0.39, 0.29) is 6.61 Å². The van der Waals surface area contributed by atoms with E-state index in [9.17, 15) is 18.3 Å². The molecule has 2 N–H and O–H groups in total. The fourth-order valence-electron chi connectivity index (χ4n) is 2.74. The van der Waals surface area contributed by atoms with E-state index < -0.39 is 20.9 Å². The van der Waals surface area contributed by atoms with Gasteiger partial charge in [-0.25, -0.2) is 4.98 Å². The summed E-state index contributed by atoms with van der Waals surface area (Å²) in [6.07, 6.45) is -3.72. The Morgan fingerprint density at radius 2 is 1.94 bits per heavy atom. The monoisotopic (exact) mass is 516 g/mol. The van der Waals surface area contributed by atoms with Crippen molar-refractivity contribution in [3.63, 3.8) is 0 Å². The zero-order valence-electron chi connectivity index (χ0n) is 19.2. The number of nitrogens with one attached hydrogen (secondary N) is 1. The quantitative estimate of drug-likeness (QED) is 0.183. The highest BCUT2D eigenvalue weighted by molar-refractivity contribution is 7.94. The fourth-order valence-corrected chi connectivity index (χ4v) is 4.44. The molecular formula is C23H28F3N2O4PS. The number of aromatic nitrogens is 1. The number of rotatable bonds is 12. The Balaban J connectivity index is 2.04. The first-order valence-corrected chi connectivity index (χ1v) is 13.1. The predicted octanol–water partition coefficient (Wildman–Crippen LogP) is 4.70. The fraction of sp³-hybridized carbons (Fsp3) is 0.435. The van der Waals surface area contributed by atoms with Crippen LogP contribution in [0, 0.1) is 11.8 Å². The Morgan fingerprint density at radius 3 is 2.62 bits per heavy atom. The number of benzene rings is 1. The van der Waals surface area contributed by atoms with E-state index in [4.69, 9.17) is 9.26 Å². The molecule has 2 rings (SSSR count). The lowest BCUT2D eigenvalue weighted by molar-refractivity contribution is -0.150. The van der Waals surface area contributed by atoms with E-state index in [1.54, 1.807) is 19.2 Å². The predicted molar refractivity (Wildman–Crippen MR) is 131 cm³/mol. The highest BCUT2D eigenvalue weighted by atomic mass is 32.2. The minimum Gasteiger partial charge on any atom is -0.495 e. The molecule has 0 fully saturated rings. The topological polar surface area (TPSA) is 72.8 Å². The molecule has 0 saturated carbocycles. The Labute approximate surface area is 203 Å². The standard InChI is InChI=1S/C23H28F3N2O4PS/c1-4-31-33(3)22-14-18(12-19(15-29)28-22)7-6-17-8-9-21(30-2)20(13-17)27-10-5-11-34-32-16-23(24,25)26/h8-9,12-14,27,29H,4-5,10-11,15-16H2,1-3H3. The lowest BCUT2D eigenvalue weighted by atomic mass is 10.1. The van der Waals surface area contributed by atoms with Crippen molar-refractivity contribution >= 4 is 31.3 Å². The maximum atomic E-state index is 12.1. The van der Waals surface area contributed by atoms with Crippen molar-refractivity contribution in [2.24, 2.45) is 0 Å². The third-order valence-electron chi connectivity index (χ3n) is 4.25. The van der Waals surface area contributed by atoms with Crippen LogP contribution < -0.4 is 15.5 Å². The minimum atomic E-state index is -4.32. The molecule has 11 heteroatoms. The van der Waals surface area contributed by atoms with E-state index >= 15 is 0 Å². The highest BCUT2D eigenvalue weighted by Gasteiger charge is 2.27. The van der Waals surface area contributed by atoms with Gasteiger partial charge in [0.2, 0.25) is 0 Å². The van der Waals surface area contributed by atoms with Gasteiger partial charge in [0.1, 0.15) is 5.75 Å². The van der Waals surface area contributed by atoms with E-state index in [2.05, 4.69) is 26.3 Å². The normalized spacial score (nSPS) is 12.1. The summed E-state index contributed by atoms with van der Waals surface area (Å²) in [4.78, 5) is 4.43. The molecule has 0 spiro atoms. The van der Waals surface area contributed by atoms with Crippen molar-refractivity contribution in [1.29, 1.82) is 0 Å². The molecule has 1 aromatic heterocycles. The smallest absolute Gasteiger partial charge is 0.413 e. The Hall–Kier alpha value is -2.02. The molecule has 0 radical (unpaired) electrons. The highest BCUT2D eigenvalue weighted by Crippen LogP contribution is 2.30. The molecule has 1 heterocycles. The summed E-state index contributed by atoms with van der Waals surface area (Å²) in [7, 11) is 0.666. The second kappa shape index (κ2) is 14.4. The molecule has 0 aliphatic carbocycles.